The summed E-state index contributed by atoms with van der Waals surface area (Å²) in [5.41, 5.74) is 0. The van der Waals surface area contributed by atoms with Crippen molar-refractivity contribution in [1.29, 1.82) is 0 Å². The summed E-state index contributed by atoms with van der Waals surface area (Å²) >= 11 is 0. The van der Waals surface area contributed by atoms with Crippen molar-refractivity contribution >= 4 is 26.2 Å². The number of rotatable bonds is 9. The molecule has 0 heterocycles. The molecular weight excluding hydrogens is 308 g/mol. The molecule has 0 aliphatic heterocycles. The summed E-state index contributed by atoms with van der Waals surface area (Å²) in [6.45, 7) is 3.79. The van der Waals surface area contributed by atoms with Gasteiger partial charge in [-0.05, 0) is 25.5 Å². The Labute approximate surface area is 131 Å². The highest BCUT2D eigenvalue weighted by Gasteiger charge is 2.36. The zero-order valence-corrected chi connectivity index (χ0v) is 15.2. The SMILES string of the molecule is CCCCS(=O)(=O)OS(C)(CC(=O)CC)C1CCCCC1. The fourth-order valence-electron chi connectivity index (χ4n) is 2.77. The first kappa shape index (κ1) is 19.0. The Bertz CT molecular complexity index is 427. The third-order valence-electron chi connectivity index (χ3n) is 4.11. The number of Topliss-reactive ketones (excluding diaryl/α,β-unsaturated/α-hetero) is 1. The second kappa shape index (κ2) is 8.53. The minimum Gasteiger partial charge on any atom is -0.299 e. The Morgan fingerprint density at radius 2 is 1.76 bits per heavy atom. The average molecular weight is 339 g/mol. The molecule has 1 atom stereocenters. The van der Waals surface area contributed by atoms with Gasteiger partial charge in [0, 0.05) is 11.7 Å². The van der Waals surface area contributed by atoms with Crippen LogP contribution in [0.1, 0.15) is 65.2 Å². The first-order valence-corrected chi connectivity index (χ1v) is 11.8. The lowest BCUT2D eigenvalue weighted by Crippen LogP contribution is -2.30. The fraction of sp³-hybridized carbons (Fsp3) is 0.933. The van der Waals surface area contributed by atoms with Crippen LogP contribution in [0.5, 0.6) is 0 Å². The standard InChI is InChI=1S/C15H30O4S2/c1-4-6-12-21(17,18)19-20(3,13-14(16)5-2)15-10-8-7-9-11-15/h15H,4-13H2,1-3H3. The van der Waals surface area contributed by atoms with E-state index in [9.17, 15) is 13.2 Å². The third kappa shape index (κ3) is 6.28. The lowest BCUT2D eigenvalue weighted by Gasteiger charge is -2.43. The Morgan fingerprint density at radius 1 is 1.14 bits per heavy atom. The Kier molecular flexibility index (Phi) is 7.71. The zero-order valence-electron chi connectivity index (χ0n) is 13.6. The summed E-state index contributed by atoms with van der Waals surface area (Å²) in [6.07, 6.45) is 9.22. The lowest BCUT2D eigenvalue weighted by molar-refractivity contribution is -0.116. The normalized spacial score (nSPS) is 21.7. The van der Waals surface area contributed by atoms with Crippen molar-refractivity contribution < 1.29 is 16.8 Å². The molecule has 21 heavy (non-hydrogen) atoms. The highest BCUT2D eigenvalue weighted by Crippen LogP contribution is 2.56. The third-order valence-corrected chi connectivity index (χ3v) is 9.74. The predicted molar refractivity (Wildman–Crippen MR) is 90.3 cm³/mol. The maximum atomic E-state index is 12.2. The monoisotopic (exact) mass is 338 g/mol. The van der Waals surface area contributed by atoms with Gasteiger partial charge in [0.1, 0.15) is 5.78 Å². The molecule has 0 saturated heterocycles. The van der Waals surface area contributed by atoms with Crippen molar-refractivity contribution in [3.8, 4) is 0 Å². The average Bonchev–Trinajstić information content (AvgIpc) is 2.45. The van der Waals surface area contributed by atoms with E-state index in [0.717, 1.165) is 32.1 Å². The number of hydrogen-bond acceptors (Lipinski definition) is 4. The molecule has 0 amide bonds. The second-order valence-corrected chi connectivity index (χ2v) is 11.2. The van der Waals surface area contributed by atoms with Crippen LogP contribution >= 0.6 is 10.3 Å². The molecule has 0 bridgehead atoms. The number of unbranched alkanes of at least 4 members (excludes halogenated alkanes) is 1. The zero-order chi connectivity index (χ0) is 15.9. The van der Waals surface area contributed by atoms with Crippen LogP contribution in [0.15, 0.2) is 0 Å². The van der Waals surface area contributed by atoms with Gasteiger partial charge < -0.3 is 0 Å². The number of hydrogen-bond donors (Lipinski definition) is 0. The van der Waals surface area contributed by atoms with E-state index < -0.39 is 20.4 Å². The summed E-state index contributed by atoms with van der Waals surface area (Å²) in [5.74, 6) is 0.474. The summed E-state index contributed by atoms with van der Waals surface area (Å²) in [6, 6.07) is 0. The van der Waals surface area contributed by atoms with Gasteiger partial charge in [-0.3, -0.25) is 4.79 Å². The molecule has 1 unspecified atom stereocenters. The minimum absolute atomic E-state index is 0.0686. The molecule has 4 nitrogen and oxygen atoms in total. The van der Waals surface area contributed by atoms with Crippen LogP contribution in [0.3, 0.4) is 0 Å². The Morgan fingerprint density at radius 3 is 2.29 bits per heavy atom. The molecule has 0 radical (unpaired) electrons. The largest absolute Gasteiger partial charge is 0.299 e. The molecule has 6 heteroatoms. The van der Waals surface area contributed by atoms with Crippen molar-refractivity contribution in [1.82, 2.24) is 0 Å². The molecule has 0 N–H and O–H groups in total. The van der Waals surface area contributed by atoms with Gasteiger partial charge in [0.25, 0.3) is 10.1 Å². The lowest BCUT2D eigenvalue weighted by atomic mass is 10.0. The van der Waals surface area contributed by atoms with Gasteiger partial charge in [0.05, 0.1) is 11.5 Å². The maximum Gasteiger partial charge on any atom is 0.276 e. The molecule has 1 rings (SSSR count). The van der Waals surface area contributed by atoms with Gasteiger partial charge in [0.15, 0.2) is 0 Å². The van der Waals surface area contributed by atoms with E-state index in [0.29, 0.717) is 18.6 Å². The summed E-state index contributed by atoms with van der Waals surface area (Å²) < 4.78 is 30.1. The van der Waals surface area contributed by atoms with E-state index in [1.165, 1.54) is 6.42 Å². The minimum atomic E-state index is -3.52. The van der Waals surface area contributed by atoms with Crippen LogP contribution in [0, 0.1) is 0 Å². The van der Waals surface area contributed by atoms with Crippen molar-refractivity contribution in [2.24, 2.45) is 0 Å². The molecule has 1 saturated carbocycles. The summed E-state index contributed by atoms with van der Waals surface area (Å²) in [7, 11) is -5.40. The van der Waals surface area contributed by atoms with Crippen molar-refractivity contribution in [2.45, 2.75) is 70.5 Å². The van der Waals surface area contributed by atoms with Crippen LogP contribution in [0.2, 0.25) is 0 Å². The van der Waals surface area contributed by atoms with Crippen LogP contribution in [0.25, 0.3) is 0 Å². The van der Waals surface area contributed by atoms with Crippen LogP contribution in [-0.4, -0.2) is 37.2 Å². The molecule has 1 aliphatic carbocycles. The number of carbonyl (C=O) groups is 1. The first-order valence-electron chi connectivity index (χ1n) is 8.03. The van der Waals surface area contributed by atoms with Crippen LogP contribution in [-0.2, 0) is 18.5 Å². The van der Waals surface area contributed by atoms with E-state index in [-0.39, 0.29) is 16.8 Å². The van der Waals surface area contributed by atoms with Gasteiger partial charge in [-0.1, -0.05) is 39.5 Å². The topological polar surface area (TPSA) is 60.4 Å². The first-order chi connectivity index (χ1) is 9.83. The fourth-order valence-corrected chi connectivity index (χ4v) is 8.63. The van der Waals surface area contributed by atoms with E-state index in [1.54, 1.807) is 0 Å². The molecular formula is C15H30O4S2. The van der Waals surface area contributed by atoms with Gasteiger partial charge in [-0.2, -0.15) is 8.42 Å². The predicted octanol–water partition coefficient (Wildman–Crippen LogP) is 3.79. The molecule has 0 aromatic rings. The Balaban J connectivity index is 2.87. The smallest absolute Gasteiger partial charge is 0.276 e. The summed E-state index contributed by atoms with van der Waals surface area (Å²) in [5, 5.41) is 0.248. The van der Waals surface area contributed by atoms with Gasteiger partial charge >= 0.3 is 0 Å². The molecule has 126 valence electrons. The quantitative estimate of drug-likeness (QED) is 0.641. The molecule has 1 aliphatic rings. The van der Waals surface area contributed by atoms with Crippen molar-refractivity contribution in [3.05, 3.63) is 0 Å². The summed E-state index contributed by atoms with van der Waals surface area (Å²) in [4.78, 5) is 11.9. The molecule has 0 spiro atoms. The van der Waals surface area contributed by atoms with Crippen molar-refractivity contribution in [2.75, 3.05) is 17.8 Å². The van der Waals surface area contributed by atoms with Gasteiger partial charge in [0.2, 0.25) is 0 Å². The van der Waals surface area contributed by atoms with E-state index in [2.05, 4.69) is 0 Å². The number of carbonyl (C=O) groups excluding carboxylic acids is 1. The van der Waals surface area contributed by atoms with Crippen LogP contribution < -0.4 is 0 Å². The van der Waals surface area contributed by atoms with E-state index in [1.807, 2.05) is 20.1 Å². The van der Waals surface area contributed by atoms with Crippen LogP contribution in [0.4, 0.5) is 0 Å². The molecule has 0 aromatic heterocycles. The molecule has 1 fully saturated rings. The molecule has 0 aromatic carbocycles. The highest BCUT2D eigenvalue weighted by atomic mass is 32.3. The van der Waals surface area contributed by atoms with Gasteiger partial charge in [-0.25, -0.2) is 3.63 Å². The highest BCUT2D eigenvalue weighted by molar-refractivity contribution is 8.33. The Hall–Kier alpha value is -0.0700. The van der Waals surface area contributed by atoms with Gasteiger partial charge in [-0.15, -0.1) is 10.3 Å². The second-order valence-electron chi connectivity index (χ2n) is 6.05. The maximum absolute atomic E-state index is 12.2. The van der Waals surface area contributed by atoms with Crippen molar-refractivity contribution in [3.63, 3.8) is 0 Å². The van der Waals surface area contributed by atoms with E-state index in [4.69, 9.17) is 3.63 Å². The number of ketones is 1. The van der Waals surface area contributed by atoms with E-state index >= 15 is 0 Å².